The van der Waals surface area contributed by atoms with Gasteiger partial charge in [0.1, 0.15) is 0 Å². The molecule has 4 nitrogen and oxygen atoms in total. The van der Waals surface area contributed by atoms with E-state index in [1.807, 2.05) is 13.2 Å². The Bertz CT molecular complexity index is 440. The highest BCUT2D eigenvalue weighted by atomic mass is 16.1. The van der Waals surface area contributed by atoms with Crippen molar-refractivity contribution in [1.82, 2.24) is 14.7 Å². The number of hydrogen-bond donors (Lipinski definition) is 0. The monoisotopic (exact) mass is 247 g/mol. The summed E-state index contributed by atoms with van der Waals surface area (Å²) in [6.07, 6.45) is 9.44. The molecule has 1 aromatic heterocycles. The smallest absolute Gasteiger partial charge is 0.169 e. The van der Waals surface area contributed by atoms with Crippen molar-refractivity contribution < 1.29 is 4.79 Å². The molecule has 18 heavy (non-hydrogen) atoms. The summed E-state index contributed by atoms with van der Waals surface area (Å²) in [6.45, 7) is 0. The van der Waals surface area contributed by atoms with Gasteiger partial charge in [-0.05, 0) is 32.7 Å². The number of ketones is 1. The van der Waals surface area contributed by atoms with E-state index in [0.29, 0.717) is 17.9 Å². The minimum atomic E-state index is 0.209. The summed E-state index contributed by atoms with van der Waals surface area (Å²) in [6, 6.07) is 1.23. The largest absolute Gasteiger partial charge is 0.300 e. The molecule has 4 heteroatoms. The van der Waals surface area contributed by atoms with Crippen LogP contribution in [0.2, 0.25) is 0 Å². The molecular formula is C14H21N3O. The molecule has 2 unspecified atom stereocenters. The molecule has 3 heterocycles. The Kier molecular flexibility index (Phi) is 2.98. The van der Waals surface area contributed by atoms with Crippen molar-refractivity contribution >= 4 is 5.78 Å². The quantitative estimate of drug-likeness (QED) is 0.749. The number of fused-ring (bicyclic) bond motifs is 2. The Morgan fingerprint density at radius 1 is 1.28 bits per heavy atom. The van der Waals surface area contributed by atoms with Gasteiger partial charge in [-0.2, -0.15) is 5.10 Å². The van der Waals surface area contributed by atoms with Gasteiger partial charge in [0.25, 0.3) is 0 Å². The van der Waals surface area contributed by atoms with Gasteiger partial charge < -0.3 is 4.90 Å². The fourth-order valence-electron chi connectivity index (χ4n) is 3.61. The number of rotatable bonds is 2. The third-order valence-electron chi connectivity index (χ3n) is 4.70. The first-order valence-corrected chi connectivity index (χ1v) is 6.90. The number of nitrogens with zero attached hydrogens (tertiary/aromatic N) is 3. The molecule has 0 N–H and O–H groups in total. The lowest BCUT2D eigenvalue weighted by atomic mass is 9.76. The third kappa shape index (κ3) is 1.99. The number of aryl methyl sites for hydroxylation is 1. The summed E-state index contributed by atoms with van der Waals surface area (Å²) in [5, 5.41) is 4.11. The van der Waals surface area contributed by atoms with Crippen LogP contribution in [0, 0.1) is 5.92 Å². The molecule has 0 aromatic carbocycles. The standard InChI is InChI=1S/C14H21N3O/c1-16-9-11(8-15-16)14(18)10-6-12-4-3-5-13(7-10)17(12)2/h8-10,12-13H,3-7H2,1-2H3. The molecule has 0 saturated carbocycles. The lowest BCUT2D eigenvalue weighted by Crippen LogP contribution is -2.51. The average Bonchev–Trinajstić information content (AvgIpc) is 2.74. The molecule has 2 saturated heterocycles. The lowest BCUT2D eigenvalue weighted by Gasteiger charge is -2.46. The molecule has 3 rings (SSSR count). The van der Waals surface area contributed by atoms with E-state index in [1.165, 1.54) is 19.3 Å². The van der Waals surface area contributed by atoms with E-state index < -0.39 is 0 Å². The maximum atomic E-state index is 12.5. The minimum Gasteiger partial charge on any atom is -0.300 e. The first-order valence-electron chi connectivity index (χ1n) is 6.90. The molecule has 2 fully saturated rings. The van der Waals surface area contributed by atoms with Gasteiger partial charge in [0.05, 0.1) is 11.8 Å². The summed E-state index contributed by atoms with van der Waals surface area (Å²) < 4.78 is 1.71. The van der Waals surface area contributed by atoms with Crippen molar-refractivity contribution in [1.29, 1.82) is 0 Å². The highest BCUT2D eigenvalue weighted by Crippen LogP contribution is 2.37. The number of aromatic nitrogens is 2. The molecule has 2 aliphatic heterocycles. The molecule has 2 atom stereocenters. The van der Waals surface area contributed by atoms with Crippen LogP contribution in [0.15, 0.2) is 12.4 Å². The van der Waals surface area contributed by atoms with E-state index >= 15 is 0 Å². The van der Waals surface area contributed by atoms with Gasteiger partial charge in [0.15, 0.2) is 5.78 Å². The van der Waals surface area contributed by atoms with Crippen molar-refractivity contribution in [3.8, 4) is 0 Å². The zero-order valence-corrected chi connectivity index (χ0v) is 11.2. The Balaban J connectivity index is 1.76. The highest BCUT2D eigenvalue weighted by Gasteiger charge is 2.38. The SMILES string of the molecule is CN1C2CCCC1CC(C(=O)c1cnn(C)c1)C2. The van der Waals surface area contributed by atoms with E-state index in [4.69, 9.17) is 0 Å². The molecule has 0 spiro atoms. The zero-order chi connectivity index (χ0) is 12.7. The van der Waals surface area contributed by atoms with E-state index in [9.17, 15) is 4.79 Å². The molecule has 1 aromatic rings. The third-order valence-corrected chi connectivity index (χ3v) is 4.70. The normalized spacial score (nSPS) is 32.4. The van der Waals surface area contributed by atoms with Crippen LogP contribution >= 0.6 is 0 Å². The van der Waals surface area contributed by atoms with Gasteiger partial charge >= 0.3 is 0 Å². The maximum absolute atomic E-state index is 12.5. The van der Waals surface area contributed by atoms with Crippen molar-refractivity contribution in [3.05, 3.63) is 18.0 Å². The summed E-state index contributed by atoms with van der Waals surface area (Å²) in [7, 11) is 4.08. The average molecular weight is 247 g/mol. The van der Waals surface area contributed by atoms with Gasteiger partial charge in [0, 0.05) is 31.2 Å². The number of Topliss-reactive ketones (excluding diaryl/α,β-unsaturated/α-hetero) is 1. The van der Waals surface area contributed by atoms with E-state index in [0.717, 1.165) is 18.4 Å². The van der Waals surface area contributed by atoms with Crippen LogP contribution in [0.4, 0.5) is 0 Å². The Hall–Kier alpha value is -1.16. The summed E-state index contributed by atoms with van der Waals surface area (Å²) in [5.74, 6) is 0.508. The van der Waals surface area contributed by atoms with Gasteiger partial charge in [-0.3, -0.25) is 9.48 Å². The Morgan fingerprint density at radius 2 is 1.94 bits per heavy atom. The summed E-state index contributed by atoms with van der Waals surface area (Å²) in [5.41, 5.74) is 0.783. The van der Waals surface area contributed by atoms with E-state index in [2.05, 4.69) is 17.0 Å². The first kappa shape index (κ1) is 11.9. The van der Waals surface area contributed by atoms with E-state index in [-0.39, 0.29) is 5.92 Å². The van der Waals surface area contributed by atoms with Crippen LogP contribution in [0.25, 0.3) is 0 Å². The molecule has 2 aliphatic rings. The van der Waals surface area contributed by atoms with Crippen molar-refractivity contribution in [3.63, 3.8) is 0 Å². The maximum Gasteiger partial charge on any atom is 0.169 e. The predicted molar refractivity (Wildman–Crippen MR) is 69.5 cm³/mol. The van der Waals surface area contributed by atoms with Crippen molar-refractivity contribution in [2.24, 2.45) is 13.0 Å². The second-order valence-electron chi connectivity index (χ2n) is 5.84. The molecule has 0 radical (unpaired) electrons. The van der Waals surface area contributed by atoms with Crippen LogP contribution in [-0.4, -0.2) is 39.6 Å². The summed E-state index contributed by atoms with van der Waals surface area (Å²) in [4.78, 5) is 15.0. The first-order chi connectivity index (χ1) is 8.65. The fourth-order valence-corrected chi connectivity index (χ4v) is 3.61. The molecule has 2 bridgehead atoms. The molecule has 0 aliphatic carbocycles. The molecule has 0 amide bonds. The second-order valence-corrected chi connectivity index (χ2v) is 5.84. The minimum absolute atomic E-state index is 0.209. The van der Waals surface area contributed by atoms with Crippen molar-refractivity contribution in [2.45, 2.75) is 44.2 Å². The Labute approximate surface area is 108 Å². The Morgan fingerprint density at radius 3 is 2.50 bits per heavy atom. The highest BCUT2D eigenvalue weighted by molar-refractivity contribution is 5.97. The van der Waals surface area contributed by atoms with Crippen LogP contribution in [0.5, 0.6) is 0 Å². The van der Waals surface area contributed by atoms with Crippen LogP contribution in [0.3, 0.4) is 0 Å². The predicted octanol–water partition coefficient (Wildman–Crippen LogP) is 1.87. The van der Waals surface area contributed by atoms with Gasteiger partial charge in [-0.15, -0.1) is 0 Å². The van der Waals surface area contributed by atoms with Crippen molar-refractivity contribution in [2.75, 3.05) is 7.05 Å². The fraction of sp³-hybridized carbons (Fsp3) is 0.714. The zero-order valence-electron chi connectivity index (χ0n) is 11.2. The molecular weight excluding hydrogens is 226 g/mol. The number of piperidine rings is 2. The second kappa shape index (κ2) is 4.50. The topological polar surface area (TPSA) is 38.1 Å². The number of hydrogen-bond acceptors (Lipinski definition) is 3. The summed E-state index contributed by atoms with van der Waals surface area (Å²) >= 11 is 0. The van der Waals surface area contributed by atoms with Crippen LogP contribution in [-0.2, 0) is 7.05 Å². The van der Waals surface area contributed by atoms with Gasteiger partial charge in [-0.25, -0.2) is 0 Å². The lowest BCUT2D eigenvalue weighted by molar-refractivity contribution is 0.0338. The molecule has 98 valence electrons. The number of carbonyl (C=O) groups is 1. The van der Waals surface area contributed by atoms with Gasteiger partial charge in [0.2, 0.25) is 0 Å². The van der Waals surface area contributed by atoms with Gasteiger partial charge in [-0.1, -0.05) is 6.42 Å². The van der Waals surface area contributed by atoms with Crippen LogP contribution < -0.4 is 0 Å². The van der Waals surface area contributed by atoms with Crippen LogP contribution in [0.1, 0.15) is 42.5 Å². The van der Waals surface area contributed by atoms with E-state index in [1.54, 1.807) is 10.9 Å². The number of carbonyl (C=O) groups excluding carboxylic acids is 1.